The SMILES string of the molecule is O=[N+]([O-])c1ccccc1/C=C/CN1CCC[C@H]2CCCC[C@H]21. The molecule has 0 N–H and O–H groups in total. The van der Waals surface area contributed by atoms with Crippen molar-refractivity contribution in [3.8, 4) is 0 Å². The lowest BCUT2D eigenvalue weighted by Gasteiger charge is -2.43. The summed E-state index contributed by atoms with van der Waals surface area (Å²) in [6.45, 7) is 2.08. The number of rotatable bonds is 4. The van der Waals surface area contributed by atoms with Crippen LogP contribution in [0.5, 0.6) is 0 Å². The van der Waals surface area contributed by atoms with Gasteiger partial charge in [-0.1, -0.05) is 37.1 Å². The van der Waals surface area contributed by atoms with Crippen molar-refractivity contribution in [2.75, 3.05) is 13.1 Å². The second-order valence-corrected chi connectivity index (χ2v) is 6.47. The van der Waals surface area contributed by atoms with Gasteiger partial charge in [0.15, 0.2) is 0 Å². The van der Waals surface area contributed by atoms with Crippen molar-refractivity contribution in [2.24, 2.45) is 5.92 Å². The molecule has 0 aromatic heterocycles. The third-order valence-electron chi connectivity index (χ3n) is 5.13. The van der Waals surface area contributed by atoms with Gasteiger partial charge in [-0.15, -0.1) is 0 Å². The van der Waals surface area contributed by atoms with Gasteiger partial charge in [0.25, 0.3) is 5.69 Å². The molecule has 1 heterocycles. The molecule has 0 bridgehead atoms. The van der Waals surface area contributed by atoms with Crippen molar-refractivity contribution in [2.45, 2.75) is 44.6 Å². The van der Waals surface area contributed by atoms with Crippen LogP contribution in [0, 0.1) is 16.0 Å². The van der Waals surface area contributed by atoms with E-state index >= 15 is 0 Å². The van der Waals surface area contributed by atoms with E-state index in [1.807, 2.05) is 18.2 Å². The molecule has 4 nitrogen and oxygen atoms in total. The van der Waals surface area contributed by atoms with Gasteiger partial charge in [-0.2, -0.15) is 0 Å². The molecule has 2 aliphatic rings. The van der Waals surface area contributed by atoms with Gasteiger partial charge < -0.3 is 0 Å². The maximum absolute atomic E-state index is 11.0. The van der Waals surface area contributed by atoms with Gasteiger partial charge >= 0.3 is 0 Å². The monoisotopic (exact) mass is 300 g/mol. The van der Waals surface area contributed by atoms with Crippen molar-refractivity contribution in [1.82, 2.24) is 4.90 Å². The molecular formula is C18H24N2O2. The van der Waals surface area contributed by atoms with E-state index in [0.29, 0.717) is 5.56 Å². The highest BCUT2D eigenvalue weighted by Gasteiger charge is 2.32. The standard InChI is InChI=1S/C18H24N2O2/c21-20(22)18-12-4-2-8-16(18)10-6-14-19-13-5-9-15-7-1-3-11-17(15)19/h2,4,6,8,10,12,15,17H,1,3,5,7,9,11,13-14H2/b10-6+/t15-,17-/m1/s1. The summed E-state index contributed by atoms with van der Waals surface area (Å²) in [5, 5.41) is 11.0. The molecular weight excluding hydrogens is 276 g/mol. The Hall–Kier alpha value is -1.68. The summed E-state index contributed by atoms with van der Waals surface area (Å²) in [6, 6.07) is 7.68. The molecule has 0 unspecified atom stereocenters. The average Bonchev–Trinajstić information content (AvgIpc) is 2.55. The molecule has 0 amide bonds. The molecule has 1 aliphatic heterocycles. The average molecular weight is 300 g/mol. The zero-order valence-corrected chi connectivity index (χ0v) is 13.0. The fourth-order valence-corrected chi connectivity index (χ4v) is 4.06. The lowest BCUT2D eigenvalue weighted by molar-refractivity contribution is -0.385. The van der Waals surface area contributed by atoms with Crippen LogP contribution in [0.1, 0.15) is 44.1 Å². The normalized spacial score (nSPS) is 26.0. The summed E-state index contributed by atoms with van der Waals surface area (Å²) in [5.41, 5.74) is 0.887. The van der Waals surface area contributed by atoms with Crippen molar-refractivity contribution >= 4 is 11.8 Å². The highest BCUT2D eigenvalue weighted by molar-refractivity contribution is 5.60. The van der Waals surface area contributed by atoms with Crippen LogP contribution in [0.4, 0.5) is 5.69 Å². The second-order valence-electron chi connectivity index (χ2n) is 6.47. The van der Waals surface area contributed by atoms with Gasteiger partial charge in [-0.05, 0) is 44.2 Å². The quantitative estimate of drug-likeness (QED) is 0.616. The van der Waals surface area contributed by atoms with Crippen LogP contribution in [-0.4, -0.2) is 29.0 Å². The van der Waals surface area contributed by atoms with E-state index in [-0.39, 0.29) is 10.6 Å². The van der Waals surface area contributed by atoms with Gasteiger partial charge in [0, 0.05) is 18.7 Å². The summed E-state index contributed by atoms with van der Waals surface area (Å²) in [5.74, 6) is 0.877. The fourth-order valence-electron chi connectivity index (χ4n) is 4.06. The molecule has 22 heavy (non-hydrogen) atoms. The molecule has 118 valence electrons. The van der Waals surface area contributed by atoms with Crippen LogP contribution in [-0.2, 0) is 0 Å². The van der Waals surface area contributed by atoms with Crippen LogP contribution in [0.25, 0.3) is 6.08 Å². The van der Waals surface area contributed by atoms with Crippen molar-refractivity contribution < 1.29 is 4.92 Å². The number of fused-ring (bicyclic) bond motifs is 1. The summed E-state index contributed by atoms with van der Waals surface area (Å²) in [4.78, 5) is 13.3. The number of benzene rings is 1. The minimum atomic E-state index is -0.308. The predicted octanol–water partition coefficient (Wildman–Crippen LogP) is 4.26. The zero-order chi connectivity index (χ0) is 15.4. The van der Waals surface area contributed by atoms with Crippen molar-refractivity contribution in [3.63, 3.8) is 0 Å². The van der Waals surface area contributed by atoms with Crippen LogP contribution in [0.2, 0.25) is 0 Å². The molecule has 0 spiro atoms. The summed E-state index contributed by atoms with van der Waals surface area (Å²) in [6.07, 6.45) is 12.1. The molecule has 0 radical (unpaired) electrons. The van der Waals surface area contributed by atoms with Crippen LogP contribution in [0.3, 0.4) is 0 Å². The van der Waals surface area contributed by atoms with Gasteiger partial charge in [0.2, 0.25) is 0 Å². The highest BCUT2D eigenvalue weighted by atomic mass is 16.6. The molecule has 2 atom stereocenters. The molecule has 2 fully saturated rings. The van der Waals surface area contributed by atoms with Crippen molar-refractivity contribution in [3.05, 3.63) is 46.0 Å². The molecule has 1 saturated carbocycles. The molecule has 1 saturated heterocycles. The van der Waals surface area contributed by atoms with Crippen LogP contribution >= 0.6 is 0 Å². The second kappa shape index (κ2) is 7.05. The minimum absolute atomic E-state index is 0.188. The van der Waals surface area contributed by atoms with E-state index < -0.39 is 0 Å². The summed E-state index contributed by atoms with van der Waals surface area (Å²) >= 11 is 0. The lowest BCUT2D eigenvalue weighted by atomic mass is 9.78. The molecule has 1 aromatic rings. The molecule has 3 rings (SSSR count). The maximum atomic E-state index is 11.0. The third kappa shape index (κ3) is 3.38. The third-order valence-corrected chi connectivity index (χ3v) is 5.13. The van der Waals surface area contributed by atoms with Gasteiger partial charge in [-0.3, -0.25) is 15.0 Å². The van der Waals surface area contributed by atoms with E-state index in [1.54, 1.807) is 12.1 Å². The first kappa shape index (κ1) is 15.2. The Labute approximate surface area is 132 Å². The highest BCUT2D eigenvalue weighted by Crippen LogP contribution is 2.35. The Balaban J connectivity index is 1.65. The number of nitro groups is 1. The smallest absolute Gasteiger partial charge is 0.276 e. The number of likely N-dealkylation sites (tertiary alicyclic amines) is 1. The molecule has 1 aromatic carbocycles. The Morgan fingerprint density at radius 3 is 2.82 bits per heavy atom. The van der Waals surface area contributed by atoms with E-state index in [4.69, 9.17) is 0 Å². The maximum Gasteiger partial charge on any atom is 0.276 e. The van der Waals surface area contributed by atoms with Crippen molar-refractivity contribution in [1.29, 1.82) is 0 Å². The number of para-hydroxylation sites is 1. The van der Waals surface area contributed by atoms with E-state index in [2.05, 4.69) is 11.0 Å². The number of hydrogen-bond donors (Lipinski definition) is 0. The predicted molar refractivity (Wildman–Crippen MR) is 88.7 cm³/mol. The van der Waals surface area contributed by atoms with Crippen LogP contribution < -0.4 is 0 Å². The first-order chi connectivity index (χ1) is 10.8. The van der Waals surface area contributed by atoms with Crippen LogP contribution in [0.15, 0.2) is 30.3 Å². The largest absolute Gasteiger partial charge is 0.296 e. The van der Waals surface area contributed by atoms with Gasteiger partial charge in [-0.25, -0.2) is 0 Å². The topological polar surface area (TPSA) is 46.4 Å². The Morgan fingerprint density at radius 2 is 1.95 bits per heavy atom. The fraction of sp³-hybridized carbons (Fsp3) is 0.556. The first-order valence-electron chi connectivity index (χ1n) is 8.40. The molecule has 4 heteroatoms. The first-order valence-corrected chi connectivity index (χ1v) is 8.40. The van der Waals surface area contributed by atoms with E-state index in [1.165, 1.54) is 45.1 Å². The minimum Gasteiger partial charge on any atom is -0.296 e. The Morgan fingerprint density at radius 1 is 1.18 bits per heavy atom. The zero-order valence-electron chi connectivity index (χ0n) is 13.0. The van der Waals surface area contributed by atoms with E-state index in [9.17, 15) is 10.1 Å². The number of nitrogens with zero attached hydrogens (tertiary/aromatic N) is 2. The summed E-state index contributed by atoms with van der Waals surface area (Å²) in [7, 11) is 0. The number of hydrogen-bond acceptors (Lipinski definition) is 3. The summed E-state index contributed by atoms with van der Waals surface area (Å²) < 4.78 is 0. The Kier molecular flexibility index (Phi) is 4.88. The van der Waals surface area contributed by atoms with Gasteiger partial charge in [0.05, 0.1) is 10.5 Å². The number of nitro benzene ring substituents is 1. The Bertz CT molecular complexity index is 554. The lowest BCUT2D eigenvalue weighted by Crippen LogP contribution is -2.46. The van der Waals surface area contributed by atoms with E-state index in [0.717, 1.165) is 18.5 Å². The number of piperidine rings is 1. The molecule has 1 aliphatic carbocycles. The van der Waals surface area contributed by atoms with Gasteiger partial charge in [0.1, 0.15) is 0 Å².